The summed E-state index contributed by atoms with van der Waals surface area (Å²) >= 11 is 0. The van der Waals surface area contributed by atoms with Crippen molar-refractivity contribution >= 4 is 6.03 Å². The number of carbonyl (C=O) groups excluding carboxylic acids is 1. The van der Waals surface area contributed by atoms with Crippen molar-refractivity contribution in [3.8, 4) is 0 Å². The van der Waals surface area contributed by atoms with Gasteiger partial charge in [-0.2, -0.15) is 0 Å². The normalized spacial score (nSPS) is 11.9. The van der Waals surface area contributed by atoms with Crippen molar-refractivity contribution in [2.45, 2.75) is 19.6 Å². The number of carbonyl (C=O) groups is 1. The van der Waals surface area contributed by atoms with Gasteiger partial charge in [-0.3, -0.25) is 0 Å². The van der Waals surface area contributed by atoms with Crippen LogP contribution in [-0.4, -0.2) is 36.9 Å². The minimum absolute atomic E-state index is 0.183. The van der Waals surface area contributed by atoms with Crippen LogP contribution in [0.15, 0.2) is 30.3 Å². The zero-order chi connectivity index (χ0) is 13.2. The molecule has 0 aliphatic carbocycles. The average molecular weight is 251 g/mol. The molecular weight excluding hydrogens is 230 g/mol. The minimum Gasteiger partial charge on any atom is -0.392 e. The summed E-state index contributed by atoms with van der Waals surface area (Å²) in [4.78, 5) is 11.4. The van der Waals surface area contributed by atoms with E-state index < -0.39 is 0 Å². The number of hydrogen-bond donors (Lipinski definition) is 4. The van der Waals surface area contributed by atoms with Crippen molar-refractivity contribution in [2.24, 2.45) is 0 Å². The van der Waals surface area contributed by atoms with E-state index in [0.717, 1.165) is 5.56 Å². The van der Waals surface area contributed by atoms with Gasteiger partial charge in [0.05, 0.1) is 6.10 Å². The lowest BCUT2D eigenvalue weighted by molar-refractivity contribution is 0.191. The summed E-state index contributed by atoms with van der Waals surface area (Å²) < 4.78 is 0. The number of rotatable bonds is 7. The summed E-state index contributed by atoms with van der Waals surface area (Å²) in [6, 6.07) is 9.56. The maximum atomic E-state index is 11.4. The Morgan fingerprint density at radius 2 is 1.94 bits per heavy atom. The molecule has 0 heterocycles. The average Bonchev–Trinajstić information content (AvgIpc) is 2.37. The van der Waals surface area contributed by atoms with Crippen LogP contribution in [0.5, 0.6) is 0 Å². The molecule has 4 N–H and O–H groups in total. The van der Waals surface area contributed by atoms with Crippen LogP contribution in [0.3, 0.4) is 0 Å². The van der Waals surface area contributed by atoms with Crippen LogP contribution in [-0.2, 0) is 6.54 Å². The van der Waals surface area contributed by atoms with Gasteiger partial charge in [0.25, 0.3) is 0 Å². The smallest absolute Gasteiger partial charge is 0.315 e. The fourth-order valence-corrected chi connectivity index (χ4v) is 1.42. The third-order valence-electron chi connectivity index (χ3n) is 2.32. The summed E-state index contributed by atoms with van der Waals surface area (Å²) in [5, 5.41) is 17.5. The number of aliphatic hydroxyl groups excluding tert-OH is 1. The number of urea groups is 1. The Morgan fingerprint density at radius 3 is 2.61 bits per heavy atom. The lowest BCUT2D eigenvalue weighted by Crippen LogP contribution is -2.39. The number of hydrogen-bond acceptors (Lipinski definition) is 3. The number of benzene rings is 1. The molecule has 2 amide bonds. The van der Waals surface area contributed by atoms with Gasteiger partial charge in [-0.15, -0.1) is 0 Å². The third kappa shape index (κ3) is 6.88. The van der Waals surface area contributed by atoms with E-state index in [-0.39, 0.29) is 12.1 Å². The van der Waals surface area contributed by atoms with E-state index in [1.54, 1.807) is 6.92 Å². The number of nitrogens with one attached hydrogen (secondary N) is 3. The molecule has 0 aliphatic rings. The van der Waals surface area contributed by atoms with E-state index in [0.29, 0.717) is 26.2 Å². The maximum Gasteiger partial charge on any atom is 0.315 e. The molecule has 0 saturated carbocycles. The van der Waals surface area contributed by atoms with Crippen LogP contribution in [0.25, 0.3) is 0 Å². The molecular formula is C13H21N3O2. The third-order valence-corrected chi connectivity index (χ3v) is 2.32. The standard InChI is InChI=1S/C13H21N3O2/c1-11(17)9-14-7-8-15-13(18)16-10-12-5-3-2-4-6-12/h2-6,11,14,17H,7-10H2,1H3,(H2,15,16,18). The highest BCUT2D eigenvalue weighted by Crippen LogP contribution is 1.96. The lowest BCUT2D eigenvalue weighted by Gasteiger charge is -2.09. The predicted octanol–water partition coefficient (Wildman–Crippen LogP) is 0.456. The molecule has 1 aromatic carbocycles. The Morgan fingerprint density at radius 1 is 1.22 bits per heavy atom. The van der Waals surface area contributed by atoms with Crippen LogP contribution in [0.1, 0.15) is 12.5 Å². The molecule has 0 fully saturated rings. The van der Waals surface area contributed by atoms with E-state index in [1.807, 2.05) is 30.3 Å². The lowest BCUT2D eigenvalue weighted by atomic mass is 10.2. The van der Waals surface area contributed by atoms with Crippen molar-refractivity contribution in [2.75, 3.05) is 19.6 Å². The van der Waals surface area contributed by atoms with Crippen molar-refractivity contribution in [1.82, 2.24) is 16.0 Å². The fraction of sp³-hybridized carbons (Fsp3) is 0.462. The second kappa shape index (κ2) is 8.49. The van der Waals surface area contributed by atoms with E-state index in [9.17, 15) is 4.79 Å². The molecule has 1 rings (SSSR count). The molecule has 18 heavy (non-hydrogen) atoms. The largest absolute Gasteiger partial charge is 0.392 e. The highest BCUT2D eigenvalue weighted by atomic mass is 16.3. The topological polar surface area (TPSA) is 73.4 Å². The molecule has 100 valence electrons. The van der Waals surface area contributed by atoms with Crippen molar-refractivity contribution in [1.29, 1.82) is 0 Å². The van der Waals surface area contributed by atoms with Crippen LogP contribution in [0.2, 0.25) is 0 Å². The van der Waals surface area contributed by atoms with Crippen molar-refractivity contribution < 1.29 is 9.90 Å². The second-order valence-corrected chi connectivity index (χ2v) is 4.15. The first-order valence-electron chi connectivity index (χ1n) is 6.13. The first-order valence-corrected chi connectivity index (χ1v) is 6.13. The zero-order valence-electron chi connectivity index (χ0n) is 10.6. The molecule has 0 aliphatic heterocycles. The summed E-state index contributed by atoms with van der Waals surface area (Å²) in [6.45, 7) is 3.95. The highest BCUT2D eigenvalue weighted by molar-refractivity contribution is 5.73. The van der Waals surface area contributed by atoms with Gasteiger partial charge < -0.3 is 21.1 Å². The number of amides is 2. The van der Waals surface area contributed by atoms with Gasteiger partial charge in [0.2, 0.25) is 0 Å². The van der Waals surface area contributed by atoms with Gasteiger partial charge in [-0.25, -0.2) is 4.79 Å². The molecule has 0 spiro atoms. The summed E-state index contributed by atoms with van der Waals surface area (Å²) in [5.74, 6) is 0. The Hall–Kier alpha value is -1.59. The Labute approximate surface area is 108 Å². The van der Waals surface area contributed by atoms with E-state index >= 15 is 0 Å². The molecule has 1 unspecified atom stereocenters. The molecule has 0 aromatic heterocycles. The van der Waals surface area contributed by atoms with Gasteiger partial charge in [0, 0.05) is 26.2 Å². The first-order chi connectivity index (χ1) is 8.68. The monoisotopic (exact) mass is 251 g/mol. The molecule has 0 bridgehead atoms. The molecule has 5 heteroatoms. The molecule has 0 radical (unpaired) electrons. The Bertz CT molecular complexity index is 341. The second-order valence-electron chi connectivity index (χ2n) is 4.15. The van der Waals surface area contributed by atoms with Gasteiger partial charge in [-0.1, -0.05) is 30.3 Å². The molecule has 0 saturated heterocycles. The van der Waals surface area contributed by atoms with Gasteiger partial charge in [0.15, 0.2) is 0 Å². The van der Waals surface area contributed by atoms with E-state index in [1.165, 1.54) is 0 Å². The van der Waals surface area contributed by atoms with Crippen LogP contribution >= 0.6 is 0 Å². The maximum absolute atomic E-state index is 11.4. The quantitative estimate of drug-likeness (QED) is 0.532. The SMILES string of the molecule is CC(O)CNCCNC(=O)NCc1ccccc1. The van der Waals surface area contributed by atoms with Crippen LogP contribution in [0.4, 0.5) is 4.79 Å². The van der Waals surface area contributed by atoms with Crippen LogP contribution < -0.4 is 16.0 Å². The molecule has 1 atom stereocenters. The van der Waals surface area contributed by atoms with Gasteiger partial charge >= 0.3 is 6.03 Å². The summed E-state index contributed by atoms with van der Waals surface area (Å²) in [7, 11) is 0. The first kappa shape index (κ1) is 14.5. The van der Waals surface area contributed by atoms with Crippen molar-refractivity contribution in [3.05, 3.63) is 35.9 Å². The molecule has 5 nitrogen and oxygen atoms in total. The summed E-state index contributed by atoms with van der Waals surface area (Å²) in [6.07, 6.45) is -0.364. The fourth-order valence-electron chi connectivity index (χ4n) is 1.42. The van der Waals surface area contributed by atoms with Gasteiger partial charge in [-0.05, 0) is 12.5 Å². The van der Waals surface area contributed by atoms with E-state index in [2.05, 4.69) is 16.0 Å². The highest BCUT2D eigenvalue weighted by Gasteiger charge is 1.99. The Balaban J connectivity index is 2.04. The van der Waals surface area contributed by atoms with Gasteiger partial charge in [0.1, 0.15) is 0 Å². The predicted molar refractivity (Wildman–Crippen MR) is 71.2 cm³/mol. The van der Waals surface area contributed by atoms with Crippen LogP contribution in [0, 0.1) is 0 Å². The van der Waals surface area contributed by atoms with E-state index in [4.69, 9.17) is 5.11 Å². The summed E-state index contributed by atoms with van der Waals surface area (Å²) in [5.41, 5.74) is 1.07. The number of aliphatic hydroxyl groups is 1. The minimum atomic E-state index is -0.364. The zero-order valence-corrected chi connectivity index (χ0v) is 10.6. The molecule has 1 aromatic rings. The van der Waals surface area contributed by atoms with Crippen molar-refractivity contribution in [3.63, 3.8) is 0 Å². The Kier molecular flexibility index (Phi) is 6.83.